The summed E-state index contributed by atoms with van der Waals surface area (Å²) in [6.07, 6.45) is 1.53. The van der Waals surface area contributed by atoms with Crippen molar-refractivity contribution < 1.29 is 33.3 Å². The van der Waals surface area contributed by atoms with E-state index in [2.05, 4.69) is 0 Å². The minimum atomic E-state index is -0.869. The molecule has 0 saturated heterocycles. The molecular weight excluding hydrogens is 438 g/mol. The smallest absolute Gasteiger partial charge is 0.290 e. The number of ketones is 1. The number of aliphatic hydroxyl groups is 1. The Morgan fingerprint density at radius 3 is 2.44 bits per heavy atom. The van der Waals surface area contributed by atoms with Crippen molar-refractivity contribution in [2.45, 2.75) is 25.8 Å². The molecule has 2 aromatic carbocycles. The Hall–Kier alpha value is -3.94. The molecule has 4 rings (SSSR count). The third-order valence-electron chi connectivity index (χ3n) is 5.98. The van der Waals surface area contributed by atoms with Crippen molar-refractivity contribution in [3.8, 4) is 17.2 Å². The van der Waals surface area contributed by atoms with E-state index in [0.29, 0.717) is 46.7 Å². The number of aliphatic hydroxyl groups excluding tert-OH is 1. The molecule has 1 unspecified atom stereocenters. The third-order valence-corrected chi connectivity index (χ3v) is 5.98. The van der Waals surface area contributed by atoms with Gasteiger partial charge in [-0.25, -0.2) is 0 Å². The van der Waals surface area contributed by atoms with Crippen molar-refractivity contribution in [1.29, 1.82) is 0 Å². The van der Waals surface area contributed by atoms with Crippen molar-refractivity contribution in [3.05, 3.63) is 65.1 Å². The summed E-state index contributed by atoms with van der Waals surface area (Å²) < 4.78 is 22.2. The second-order valence-electron chi connectivity index (χ2n) is 7.92. The molecule has 1 atom stereocenters. The lowest BCUT2D eigenvalue weighted by atomic mass is 9.94. The van der Waals surface area contributed by atoms with E-state index < -0.39 is 23.5 Å². The van der Waals surface area contributed by atoms with Gasteiger partial charge in [0.25, 0.3) is 5.91 Å². The average Bonchev–Trinajstić information content (AvgIpc) is 3.41. The predicted molar refractivity (Wildman–Crippen MR) is 126 cm³/mol. The molecule has 1 aliphatic heterocycles. The number of nitrogens with zero attached hydrogens (tertiary/aromatic N) is 1. The van der Waals surface area contributed by atoms with Gasteiger partial charge in [-0.2, -0.15) is 0 Å². The van der Waals surface area contributed by atoms with Gasteiger partial charge < -0.3 is 28.6 Å². The van der Waals surface area contributed by atoms with Crippen LogP contribution in [0.4, 0.5) is 0 Å². The maximum absolute atomic E-state index is 13.7. The zero-order valence-electron chi connectivity index (χ0n) is 19.6. The second-order valence-corrected chi connectivity index (χ2v) is 7.92. The van der Waals surface area contributed by atoms with E-state index in [9.17, 15) is 14.7 Å². The van der Waals surface area contributed by atoms with Crippen LogP contribution in [0.2, 0.25) is 0 Å². The van der Waals surface area contributed by atoms with E-state index in [1.165, 1.54) is 26.2 Å². The van der Waals surface area contributed by atoms with Crippen LogP contribution >= 0.6 is 0 Å². The number of ether oxygens (including phenoxy) is 3. The van der Waals surface area contributed by atoms with Gasteiger partial charge in [-0.1, -0.05) is 37.6 Å². The van der Waals surface area contributed by atoms with Gasteiger partial charge in [0.1, 0.15) is 0 Å². The van der Waals surface area contributed by atoms with Gasteiger partial charge in [0.15, 0.2) is 34.4 Å². The minimum absolute atomic E-state index is 0.00180. The summed E-state index contributed by atoms with van der Waals surface area (Å²) >= 11 is 0. The molecule has 0 aliphatic carbocycles. The van der Waals surface area contributed by atoms with Crippen LogP contribution in [0.1, 0.15) is 41.9 Å². The van der Waals surface area contributed by atoms with Crippen molar-refractivity contribution >= 4 is 22.7 Å². The highest BCUT2D eigenvalue weighted by Gasteiger charge is 2.45. The first-order valence-electron chi connectivity index (χ1n) is 11.0. The first kappa shape index (κ1) is 23.2. The molecule has 1 amide bonds. The van der Waals surface area contributed by atoms with Crippen LogP contribution in [0.5, 0.6) is 17.2 Å². The Bertz CT molecular complexity index is 1270. The fourth-order valence-corrected chi connectivity index (χ4v) is 4.34. The number of methoxy groups -OCH3 is 3. The van der Waals surface area contributed by atoms with Crippen LogP contribution in [0, 0.1) is 0 Å². The number of hydrogen-bond acceptors (Lipinski definition) is 7. The van der Waals surface area contributed by atoms with Gasteiger partial charge in [-0.3, -0.25) is 9.59 Å². The lowest BCUT2D eigenvalue weighted by Crippen LogP contribution is -2.32. The van der Waals surface area contributed by atoms with Crippen molar-refractivity contribution in [3.63, 3.8) is 0 Å². The van der Waals surface area contributed by atoms with Gasteiger partial charge >= 0.3 is 0 Å². The van der Waals surface area contributed by atoms with Crippen LogP contribution in [0.3, 0.4) is 0 Å². The van der Waals surface area contributed by atoms with Gasteiger partial charge in [0.2, 0.25) is 5.78 Å². The molecule has 0 bridgehead atoms. The molecule has 0 fully saturated rings. The molecule has 178 valence electrons. The maximum atomic E-state index is 13.7. The SMILES string of the molecule is CCCCN1C(=O)C(O)=C(C(=O)c2cc3cccc(OC)c3o2)C1c1cccc(OC)c1OC. The Morgan fingerprint density at radius 1 is 1.06 bits per heavy atom. The zero-order valence-corrected chi connectivity index (χ0v) is 19.6. The number of rotatable bonds is 9. The lowest BCUT2D eigenvalue weighted by molar-refractivity contribution is -0.129. The number of para-hydroxylation sites is 2. The number of hydrogen-bond donors (Lipinski definition) is 1. The molecule has 8 heteroatoms. The highest BCUT2D eigenvalue weighted by Crippen LogP contribution is 2.45. The quantitative estimate of drug-likeness (QED) is 0.452. The molecule has 0 radical (unpaired) electrons. The van der Waals surface area contributed by atoms with Crippen molar-refractivity contribution in [2.24, 2.45) is 0 Å². The summed E-state index contributed by atoms with van der Waals surface area (Å²) in [4.78, 5) is 28.3. The van der Waals surface area contributed by atoms with E-state index in [1.54, 1.807) is 42.5 Å². The number of carbonyl (C=O) groups excluding carboxylic acids is 2. The molecular formula is C26H27NO7. The summed E-state index contributed by atoms with van der Waals surface area (Å²) in [6, 6.07) is 11.3. The normalized spacial score (nSPS) is 15.8. The summed E-state index contributed by atoms with van der Waals surface area (Å²) in [5, 5.41) is 11.6. The summed E-state index contributed by atoms with van der Waals surface area (Å²) in [6.45, 7) is 2.36. The number of fused-ring (bicyclic) bond motifs is 1. The molecule has 34 heavy (non-hydrogen) atoms. The second kappa shape index (κ2) is 9.51. The Balaban J connectivity index is 1.87. The Kier molecular flexibility index (Phi) is 6.49. The van der Waals surface area contributed by atoms with Crippen LogP contribution in [0.15, 0.2) is 58.2 Å². The number of unbranched alkanes of at least 4 members (excludes halogenated alkanes) is 1. The molecule has 8 nitrogen and oxygen atoms in total. The number of carbonyl (C=O) groups is 2. The van der Waals surface area contributed by atoms with Crippen LogP contribution in [-0.2, 0) is 4.79 Å². The first-order chi connectivity index (χ1) is 16.5. The number of furan rings is 1. The maximum Gasteiger partial charge on any atom is 0.290 e. The number of benzene rings is 2. The van der Waals surface area contributed by atoms with E-state index in [0.717, 1.165) is 6.42 Å². The van der Waals surface area contributed by atoms with E-state index in [1.807, 2.05) is 6.92 Å². The first-order valence-corrected chi connectivity index (χ1v) is 11.0. The highest BCUT2D eigenvalue weighted by molar-refractivity contribution is 6.16. The zero-order chi connectivity index (χ0) is 24.4. The Morgan fingerprint density at radius 2 is 1.76 bits per heavy atom. The van der Waals surface area contributed by atoms with E-state index >= 15 is 0 Å². The van der Waals surface area contributed by atoms with Crippen LogP contribution < -0.4 is 14.2 Å². The highest BCUT2D eigenvalue weighted by atomic mass is 16.5. The Labute approximate surface area is 197 Å². The molecule has 1 aromatic heterocycles. The average molecular weight is 466 g/mol. The summed E-state index contributed by atoms with van der Waals surface area (Å²) in [7, 11) is 4.52. The minimum Gasteiger partial charge on any atom is -0.503 e. The van der Waals surface area contributed by atoms with E-state index in [-0.39, 0.29) is 11.3 Å². The predicted octanol–water partition coefficient (Wildman–Crippen LogP) is 4.84. The van der Waals surface area contributed by atoms with Gasteiger partial charge in [0, 0.05) is 17.5 Å². The third kappa shape index (κ3) is 3.75. The number of amides is 1. The van der Waals surface area contributed by atoms with Crippen molar-refractivity contribution in [1.82, 2.24) is 4.90 Å². The largest absolute Gasteiger partial charge is 0.503 e. The van der Waals surface area contributed by atoms with Gasteiger partial charge in [-0.05, 0) is 24.6 Å². The summed E-state index contributed by atoms with van der Waals surface area (Å²) in [5.41, 5.74) is 0.884. The molecule has 0 spiro atoms. The standard InChI is InChI=1S/C26H27NO7/c1-5-6-13-27-21(16-10-8-12-18(32-3)25(16)33-4)20(23(29)26(27)30)22(28)19-14-15-9-7-11-17(31-2)24(15)34-19/h7-12,14,21,29H,5-6,13H2,1-4H3. The fraction of sp³-hybridized carbons (Fsp3) is 0.308. The van der Waals surface area contributed by atoms with Crippen LogP contribution in [0.25, 0.3) is 11.0 Å². The molecule has 3 aromatic rings. The van der Waals surface area contributed by atoms with Crippen molar-refractivity contribution in [2.75, 3.05) is 27.9 Å². The van der Waals surface area contributed by atoms with Gasteiger partial charge in [0.05, 0.1) is 32.9 Å². The van der Waals surface area contributed by atoms with E-state index in [4.69, 9.17) is 18.6 Å². The topological polar surface area (TPSA) is 98.4 Å². The molecule has 1 N–H and O–H groups in total. The molecule has 1 aliphatic rings. The monoisotopic (exact) mass is 465 g/mol. The molecule has 2 heterocycles. The molecule has 0 saturated carbocycles. The lowest BCUT2D eigenvalue weighted by Gasteiger charge is -2.28. The fourth-order valence-electron chi connectivity index (χ4n) is 4.34. The summed E-state index contributed by atoms with van der Waals surface area (Å²) in [5.74, 6) is -0.474. The van der Waals surface area contributed by atoms with Crippen LogP contribution in [-0.4, -0.2) is 49.6 Å². The number of Topliss-reactive ketones (excluding diaryl/α,β-unsaturated/α-hetero) is 1. The van der Waals surface area contributed by atoms with Gasteiger partial charge in [-0.15, -0.1) is 0 Å².